The summed E-state index contributed by atoms with van der Waals surface area (Å²) in [6.07, 6.45) is 4.47. The van der Waals surface area contributed by atoms with Gasteiger partial charge in [-0.1, -0.05) is 20.8 Å². The maximum absolute atomic E-state index is 12.2. The van der Waals surface area contributed by atoms with Crippen LogP contribution in [-0.4, -0.2) is 36.2 Å². The summed E-state index contributed by atoms with van der Waals surface area (Å²) in [4.78, 5) is 12.2. The summed E-state index contributed by atoms with van der Waals surface area (Å²) in [7, 11) is 1.50. The van der Waals surface area contributed by atoms with Crippen LogP contribution >= 0.6 is 11.8 Å². The van der Waals surface area contributed by atoms with E-state index in [1.165, 1.54) is 7.11 Å². The lowest BCUT2D eigenvalue weighted by molar-refractivity contribution is -0.148. The molecule has 1 aliphatic carbocycles. The second kappa shape index (κ2) is 7.39. The first-order valence-corrected chi connectivity index (χ1v) is 8.10. The van der Waals surface area contributed by atoms with Crippen molar-refractivity contribution in [1.29, 1.82) is 0 Å². The fraction of sp³-hybridized carbons (Fsp3) is 0.929. The van der Waals surface area contributed by atoms with Crippen LogP contribution in [0.1, 0.15) is 46.5 Å². The molecule has 0 heterocycles. The first kappa shape index (κ1) is 15.8. The summed E-state index contributed by atoms with van der Waals surface area (Å²) in [5.41, 5.74) is -0.446. The van der Waals surface area contributed by atoms with Crippen molar-refractivity contribution in [3.63, 3.8) is 0 Å². The summed E-state index contributed by atoms with van der Waals surface area (Å²) in [5.74, 6) is 1.22. The van der Waals surface area contributed by atoms with Crippen LogP contribution in [-0.2, 0) is 9.53 Å². The maximum atomic E-state index is 12.2. The van der Waals surface area contributed by atoms with Crippen LogP contribution in [0, 0.1) is 5.92 Å². The average Bonchev–Trinajstić information content (AvgIpc) is 3.22. The third kappa shape index (κ3) is 3.89. The Morgan fingerprint density at radius 2 is 2.17 bits per heavy atom. The second-order valence-electron chi connectivity index (χ2n) is 5.19. The molecule has 3 nitrogen and oxygen atoms in total. The highest BCUT2D eigenvalue weighted by Gasteiger charge is 2.51. The molecular formula is C14H27NO2S. The van der Waals surface area contributed by atoms with Gasteiger partial charge in [-0.05, 0) is 38.1 Å². The molecule has 0 aromatic heterocycles. The predicted molar refractivity (Wildman–Crippen MR) is 78.0 cm³/mol. The summed E-state index contributed by atoms with van der Waals surface area (Å²) in [6, 6.07) is 0. The van der Waals surface area contributed by atoms with E-state index < -0.39 is 5.54 Å². The van der Waals surface area contributed by atoms with E-state index in [1.54, 1.807) is 0 Å². The summed E-state index contributed by atoms with van der Waals surface area (Å²) < 4.78 is 5.07. The highest BCUT2D eigenvalue weighted by molar-refractivity contribution is 8.00. The standard InChI is InChI=1S/C14H27NO2S/c1-5-9-15-14(12-7-8-12,13(16)17-4)10-18-11(3)6-2/h11-12,15H,5-10H2,1-4H3. The fourth-order valence-corrected chi connectivity index (χ4v) is 3.35. The Bertz CT molecular complexity index is 269. The zero-order valence-corrected chi connectivity index (χ0v) is 12.9. The van der Waals surface area contributed by atoms with Crippen LogP contribution < -0.4 is 5.32 Å². The van der Waals surface area contributed by atoms with E-state index in [4.69, 9.17) is 4.74 Å². The van der Waals surface area contributed by atoms with Crippen LogP contribution in [0.2, 0.25) is 0 Å². The molecule has 0 aliphatic heterocycles. The minimum atomic E-state index is -0.446. The fourth-order valence-electron chi connectivity index (χ4n) is 2.11. The highest BCUT2D eigenvalue weighted by Crippen LogP contribution is 2.42. The van der Waals surface area contributed by atoms with Gasteiger partial charge in [0.2, 0.25) is 0 Å². The molecule has 1 fully saturated rings. The topological polar surface area (TPSA) is 38.3 Å². The minimum absolute atomic E-state index is 0.0748. The largest absolute Gasteiger partial charge is 0.468 e. The SMILES string of the molecule is CCCNC(CSC(C)CC)(C(=O)OC)C1CC1. The smallest absolute Gasteiger partial charge is 0.327 e. The van der Waals surface area contributed by atoms with E-state index in [9.17, 15) is 4.79 Å². The molecule has 0 radical (unpaired) electrons. The quantitative estimate of drug-likeness (QED) is 0.656. The van der Waals surface area contributed by atoms with E-state index >= 15 is 0 Å². The number of carbonyl (C=O) groups is 1. The van der Waals surface area contributed by atoms with Crippen molar-refractivity contribution in [3.05, 3.63) is 0 Å². The number of ether oxygens (including phenoxy) is 1. The van der Waals surface area contributed by atoms with Crippen LogP contribution in [0.4, 0.5) is 0 Å². The van der Waals surface area contributed by atoms with Gasteiger partial charge in [0, 0.05) is 11.0 Å². The molecule has 0 amide bonds. The molecule has 1 saturated carbocycles. The van der Waals surface area contributed by atoms with E-state index in [0.717, 1.165) is 38.0 Å². The Balaban J connectivity index is 2.72. The Morgan fingerprint density at radius 1 is 1.50 bits per heavy atom. The third-order valence-corrected chi connectivity index (χ3v) is 5.21. The van der Waals surface area contributed by atoms with Crippen LogP contribution in [0.25, 0.3) is 0 Å². The first-order valence-electron chi connectivity index (χ1n) is 7.05. The predicted octanol–water partition coefficient (Wildman–Crippen LogP) is 2.84. The van der Waals surface area contributed by atoms with Crippen LogP contribution in [0.3, 0.4) is 0 Å². The molecule has 0 aromatic carbocycles. The van der Waals surface area contributed by atoms with Crippen molar-refractivity contribution < 1.29 is 9.53 Å². The Morgan fingerprint density at radius 3 is 2.61 bits per heavy atom. The summed E-state index contributed by atoms with van der Waals surface area (Å²) >= 11 is 1.88. The van der Waals surface area contributed by atoms with Crippen molar-refractivity contribution >= 4 is 17.7 Å². The molecular weight excluding hydrogens is 246 g/mol. The van der Waals surface area contributed by atoms with Gasteiger partial charge in [0.25, 0.3) is 0 Å². The molecule has 1 N–H and O–H groups in total. The molecule has 0 saturated heterocycles. The maximum Gasteiger partial charge on any atom is 0.327 e. The number of nitrogens with one attached hydrogen (secondary N) is 1. The lowest BCUT2D eigenvalue weighted by Gasteiger charge is -2.33. The molecule has 1 aliphatic rings. The summed E-state index contributed by atoms with van der Waals surface area (Å²) in [5, 5.41) is 4.07. The average molecular weight is 273 g/mol. The molecule has 0 spiro atoms. The first-order chi connectivity index (χ1) is 8.60. The van der Waals surface area contributed by atoms with Gasteiger partial charge in [0.15, 0.2) is 0 Å². The molecule has 106 valence electrons. The number of methoxy groups -OCH3 is 1. The zero-order valence-electron chi connectivity index (χ0n) is 12.1. The molecule has 1 rings (SSSR count). The normalized spacial score (nSPS) is 20.2. The Labute approximate surface area is 115 Å². The van der Waals surface area contributed by atoms with Gasteiger partial charge in [-0.15, -0.1) is 0 Å². The number of rotatable bonds is 9. The highest BCUT2D eigenvalue weighted by atomic mass is 32.2. The van der Waals surface area contributed by atoms with Gasteiger partial charge >= 0.3 is 5.97 Å². The van der Waals surface area contributed by atoms with Gasteiger partial charge in [-0.3, -0.25) is 4.79 Å². The van der Waals surface area contributed by atoms with Crippen molar-refractivity contribution in [1.82, 2.24) is 5.32 Å². The number of thioether (sulfide) groups is 1. The molecule has 18 heavy (non-hydrogen) atoms. The second-order valence-corrected chi connectivity index (χ2v) is 6.62. The zero-order chi connectivity index (χ0) is 13.6. The van der Waals surface area contributed by atoms with Gasteiger partial charge in [-0.25, -0.2) is 0 Å². The van der Waals surface area contributed by atoms with E-state index in [2.05, 4.69) is 26.1 Å². The van der Waals surface area contributed by atoms with Crippen LogP contribution in [0.5, 0.6) is 0 Å². The van der Waals surface area contributed by atoms with Gasteiger partial charge in [0.05, 0.1) is 7.11 Å². The third-order valence-electron chi connectivity index (χ3n) is 3.68. The van der Waals surface area contributed by atoms with E-state index in [1.807, 2.05) is 11.8 Å². The number of carbonyl (C=O) groups excluding carboxylic acids is 1. The lowest BCUT2D eigenvalue weighted by atomic mass is 9.95. The van der Waals surface area contributed by atoms with Crippen LogP contribution in [0.15, 0.2) is 0 Å². The summed E-state index contributed by atoms with van der Waals surface area (Å²) in [6.45, 7) is 7.42. The molecule has 0 bridgehead atoms. The molecule has 0 aromatic rings. The van der Waals surface area contributed by atoms with E-state index in [0.29, 0.717) is 11.2 Å². The molecule has 2 unspecified atom stereocenters. The Kier molecular flexibility index (Phi) is 6.50. The van der Waals surface area contributed by atoms with Crippen molar-refractivity contribution in [3.8, 4) is 0 Å². The number of hydrogen-bond acceptors (Lipinski definition) is 4. The van der Waals surface area contributed by atoms with E-state index in [-0.39, 0.29) is 5.97 Å². The molecule has 4 heteroatoms. The number of esters is 1. The van der Waals surface area contributed by atoms with Gasteiger partial charge in [-0.2, -0.15) is 11.8 Å². The van der Waals surface area contributed by atoms with Crippen molar-refractivity contribution in [2.24, 2.45) is 5.92 Å². The van der Waals surface area contributed by atoms with Gasteiger partial charge < -0.3 is 10.1 Å². The van der Waals surface area contributed by atoms with Crippen molar-refractivity contribution in [2.75, 3.05) is 19.4 Å². The lowest BCUT2D eigenvalue weighted by Crippen LogP contribution is -2.57. The molecule has 2 atom stereocenters. The minimum Gasteiger partial charge on any atom is -0.468 e. The van der Waals surface area contributed by atoms with Gasteiger partial charge in [0.1, 0.15) is 5.54 Å². The monoisotopic (exact) mass is 273 g/mol. The van der Waals surface area contributed by atoms with Crippen molar-refractivity contribution in [2.45, 2.75) is 57.2 Å². The Hall–Kier alpha value is -0.220. The number of hydrogen-bond donors (Lipinski definition) is 1.